The molecule has 0 aromatic heterocycles. The fraction of sp³-hybridized carbons (Fsp3) is 0.364. The van der Waals surface area contributed by atoms with Crippen molar-refractivity contribution in [2.75, 3.05) is 13.7 Å². The number of carbonyl (C=O) groups is 1. The molecule has 0 N–H and O–H groups in total. The van der Waals surface area contributed by atoms with E-state index < -0.39 is 0 Å². The van der Waals surface area contributed by atoms with Crippen LogP contribution in [0.2, 0.25) is 0 Å². The SMILES string of the molecule is Bc1ccc(CC(=O)OCC)cc1OC. The minimum Gasteiger partial charge on any atom is -0.497 e. The van der Waals surface area contributed by atoms with E-state index in [2.05, 4.69) is 0 Å². The monoisotopic (exact) mass is 206 g/mol. The molecule has 0 aliphatic heterocycles. The van der Waals surface area contributed by atoms with Crippen LogP contribution in [0.1, 0.15) is 12.5 Å². The molecule has 0 radical (unpaired) electrons. The summed E-state index contributed by atoms with van der Waals surface area (Å²) < 4.78 is 10.0. The molecule has 0 saturated heterocycles. The highest BCUT2D eigenvalue weighted by atomic mass is 16.5. The smallest absolute Gasteiger partial charge is 0.310 e. The molecule has 1 aromatic carbocycles. The molecule has 1 rings (SSSR count). The van der Waals surface area contributed by atoms with Crippen molar-refractivity contribution in [3.63, 3.8) is 0 Å². The van der Waals surface area contributed by atoms with Crippen molar-refractivity contribution in [3.8, 4) is 5.75 Å². The van der Waals surface area contributed by atoms with Gasteiger partial charge in [-0.1, -0.05) is 12.1 Å². The molecule has 0 bridgehead atoms. The Labute approximate surface area is 90.8 Å². The van der Waals surface area contributed by atoms with E-state index in [4.69, 9.17) is 9.47 Å². The average Bonchev–Trinajstić information content (AvgIpc) is 2.21. The molecule has 0 unspecified atom stereocenters. The second-order valence-electron chi connectivity index (χ2n) is 3.29. The molecule has 15 heavy (non-hydrogen) atoms. The summed E-state index contributed by atoms with van der Waals surface area (Å²) in [6.07, 6.45) is 0.296. The molecule has 0 heterocycles. The van der Waals surface area contributed by atoms with Gasteiger partial charge < -0.3 is 9.47 Å². The maximum absolute atomic E-state index is 11.2. The maximum atomic E-state index is 11.2. The molecular weight excluding hydrogens is 191 g/mol. The van der Waals surface area contributed by atoms with Gasteiger partial charge in [-0.25, -0.2) is 0 Å². The third kappa shape index (κ3) is 3.31. The van der Waals surface area contributed by atoms with Crippen LogP contribution in [0, 0.1) is 0 Å². The zero-order valence-electron chi connectivity index (χ0n) is 9.37. The number of ether oxygens (including phenoxy) is 2. The zero-order valence-corrected chi connectivity index (χ0v) is 9.37. The number of benzene rings is 1. The molecule has 3 nitrogen and oxygen atoms in total. The lowest BCUT2D eigenvalue weighted by molar-refractivity contribution is -0.142. The van der Waals surface area contributed by atoms with Gasteiger partial charge in [0.25, 0.3) is 0 Å². The number of esters is 1. The van der Waals surface area contributed by atoms with E-state index in [9.17, 15) is 4.79 Å². The number of hydrogen-bond acceptors (Lipinski definition) is 3. The summed E-state index contributed by atoms with van der Waals surface area (Å²) >= 11 is 0. The van der Waals surface area contributed by atoms with Gasteiger partial charge in [0.1, 0.15) is 13.6 Å². The van der Waals surface area contributed by atoms with E-state index in [-0.39, 0.29) is 5.97 Å². The van der Waals surface area contributed by atoms with Crippen LogP contribution < -0.4 is 10.2 Å². The molecule has 0 atom stereocenters. The Bertz CT molecular complexity index is 350. The normalized spacial score (nSPS) is 9.73. The van der Waals surface area contributed by atoms with Gasteiger partial charge in [-0.15, -0.1) is 0 Å². The first kappa shape index (κ1) is 11.6. The van der Waals surface area contributed by atoms with E-state index >= 15 is 0 Å². The van der Waals surface area contributed by atoms with E-state index in [0.29, 0.717) is 13.0 Å². The summed E-state index contributed by atoms with van der Waals surface area (Å²) in [5.41, 5.74) is 1.97. The second-order valence-corrected chi connectivity index (χ2v) is 3.29. The van der Waals surface area contributed by atoms with Crippen molar-refractivity contribution >= 4 is 19.3 Å². The molecule has 80 valence electrons. The van der Waals surface area contributed by atoms with Gasteiger partial charge in [-0.05, 0) is 24.0 Å². The van der Waals surface area contributed by atoms with Crippen molar-refractivity contribution in [3.05, 3.63) is 23.8 Å². The lowest BCUT2D eigenvalue weighted by atomic mass is 9.93. The molecule has 0 aliphatic rings. The Morgan fingerprint density at radius 3 is 2.80 bits per heavy atom. The number of hydrogen-bond donors (Lipinski definition) is 0. The number of methoxy groups -OCH3 is 1. The van der Waals surface area contributed by atoms with Gasteiger partial charge in [0.2, 0.25) is 0 Å². The number of rotatable bonds is 4. The summed E-state index contributed by atoms with van der Waals surface area (Å²) in [6, 6.07) is 5.72. The highest BCUT2D eigenvalue weighted by Gasteiger charge is 2.06. The Hall–Kier alpha value is -1.45. The van der Waals surface area contributed by atoms with Crippen LogP contribution in [0.4, 0.5) is 0 Å². The largest absolute Gasteiger partial charge is 0.497 e. The van der Waals surface area contributed by atoms with Crippen LogP contribution in [0.15, 0.2) is 18.2 Å². The van der Waals surface area contributed by atoms with Crippen LogP contribution in [-0.2, 0) is 16.0 Å². The Kier molecular flexibility index (Phi) is 4.22. The topological polar surface area (TPSA) is 35.5 Å². The molecular formula is C11H15BO3. The fourth-order valence-electron chi connectivity index (χ4n) is 1.35. The lowest BCUT2D eigenvalue weighted by Crippen LogP contribution is -2.11. The van der Waals surface area contributed by atoms with Crippen molar-refractivity contribution in [2.45, 2.75) is 13.3 Å². The van der Waals surface area contributed by atoms with Crippen LogP contribution in [0.5, 0.6) is 5.75 Å². The quantitative estimate of drug-likeness (QED) is 0.516. The fourth-order valence-corrected chi connectivity index (χ4v) is 1.35. The summed E-state index contributed by atoms with van der Waals surface area (Å²) in [5, 5.41) is 0. The Morgan fingerprint density at radius 2 is 2.20 bits per heavy atom. The van der Waals surface area contributed by atoms with Crippen molar-refractivity contribution in [2.24, 2.45) is 0 Å². The zero-order chi connectivity index (χ0) is 11.3. The highest BCUT2D eigenvalue weighted by molar-refractivity contribution is 6.34. The van der Waals surface area contributed by atoms with E-state index in [1.54, 1.807) is 14.0 Å². The molecule has 0 fully saturated rings. The van der Waals surface area contributed by atoms with Crippen LogP contribution >= 0.6 is 0 Å². The van der Waals surface area contributed by atoms with E-state index in [0.717, 1.165) is 16.8 Å². The van der Waals surface area contributed by atoms with Crippen molar-refractivity contribution < 1.29 is 14.3 Å². The second kappa shape index (κ2) is 5.44. The van der Waals surface area contributed by atoms with Gasteiger partial charge in [0.05, 0.1) is 20.1 Å². The van der Waals surface area contributed by atoms with Gasteiger partial charge in [0.15, 0.2) is 0 Å². The highest BCUT2D eigenvalue weighted by Crippen LogP contribution is 2.10. The first-order valence-corrected chi connectivity index (χ1v) is 4.96. The van der Waals surface area contributed by atoms with Crippen LogP contribution in [-0.4, -0.2) is 27.5 Å². The first-order valence-electron chi connectivity index (χ1n) is 4.96. The average molecular weight is 206 g/mol. The van der Waals surface area contributed by atoms with Crippen LogP contribution in [0.25, 0.3) is 0 Å². The van der Waals surface area contributed by atoms with Crippen molar-refractivity contribution in [1.82, 2.24) is 0 Å². The molecule has 4 heteroatoms. The third-order valence-electron chi connectivity index (χ3n) is 2.13. The molecule has 0 spiro atoms. The first-order chi connectivity index (χ1) is 7.17. The van der Waals surface area contributed by atoms with Gasteiger partial charge in [-0.2, -0.15) is 0 Å². The summed E-state index contributed by atoms with van der Waals surface area (Å²) in [6.45, 7) is 2.22. The van der Waals surface area contributed by atoms with Crippen molar-refractivity contribution in [1.29, 1.82) is 0 Å². The minimum atomic E-state index is -0.205. The molecule has 0 amide bonds. The lowest BCUT2D eigenvalue weighted by Gasteiger charge is -2.07. The molecule has 0 saturated carbocycles. The number of carbonyl (C=O) groups excluding carboxylic acids is 1. The standard InChI is InChI=1S/C11H15BO3/c1-3-15-11(13)7-8-4-5-9(12)10(6-8)14-2/h4-6H,3,7,12H2,1-2H3. The summed E-state index contributed by atoms with van der Waals surface area (Å²) in [4.78, 5) is 11.2. The molecule has 0 aliphatic carbocycles. The Balaban J connectivity index is 2.74. The van der Waals surface area contributed by atoms with Gasteiger partial charge >= 0.3 is 5.97 Å². The summed E-state index contributed by atoms with van der Waals surface area (Å²) in [7, 11) is 3.59. The Morgan fingerprint density at radius 1 is 1.47 bits per heavy atom. The van der Waals surface area contributed by atoms with Gasteiger partial charge in [0, 0.05) is 0 Å². The minimum absolute atomic E-state index is 0.205. The molecule has 1 aromatic rings. The van der Waals surface area contributed by atoms with Crippen LogP contribution in [0.3, 0.4) is 0 Å². The predicted molar refractivity (Wildman–Crippen MR) is 61.5 cm³/mol. The predicted octanol–water partition coefficient (Wildman–Crippen LogP) is 0.0592. The third-order valence-corrected chi connectivity index (χ3v) is 2.13. The van der Waals surface area contributed by atoms with Gasteiger partial charge in [-0.3, -0.25) is 4.79 Å². The maximum Gasteiger partial charge on any atom is 0.310 e. The van der Waals surface area contributed by atoms with E-state index in [1.807, 2.05) is 26.0 Å². The van der Waals surface area contributed by atoms with E-state index in [1.165, 1.54) is 0 Å². The summed E-state index contributed by atoms with van der Waals surface area (Å²) in [5.74, 6) is 0.597.